The van der Waals surface area contributed by atoms with E-state index in [2.05, 4.69) is 31.9 Å². The number of rotatable bonds is 6. The van der Waals surface area contributed by atoms with E-state index < -0.39 is 0 Å². The van der Waals surface area contributed by atoms with E-state index in [0.29, 0.717) is 29.6 Å². The first-order valence-corrected chi connectivity index (χ1v) is 10.5. The zero-order chi connectivity index (χ0) is 22.1. The van der Waals surface area contributed by atoms with Crippen molar-refractivity contribution in [3.8, 4) is 28.7 Å². The highest BCUT2D eigenvalue weighted by Crippen LogP contribution is 2.44. The van der Waals surface area contributed by atoms with E-state index in [4.69, 9.17) is 23.7 Å². The number of aromatic nitrogens is 2. The molecule has 3 aromatic rings. The Morgan fingerprint density at radius 2 is 1.66 bits per heavy atom. The quantitative estimate of drug-likeness (QED) is 0.577. The Morgan fingerprint density at radius 3 is 2.41 bits per heavy atom. The molecule has 1 aromatic heterocycles. The molecule has 0 bridgehead atoms. The molecular formula is C23H26N4O5. The van der Waals surface area contributed by atoms with Crippen LogP contribution in [0.15, 0.2) is 30.6 Å². The lowest BCUT2D eigenvalue weighted by Gasteiger charge is -2.36. The number of piperazine rings is 1. The molecule has 0 N–H and O–H groups in total. The van der Waals surface area contributed by atoms with Crippen LogP contribution in [0.1, 0.15) is 5.56 Å². The normalized spacial score (nSPS) is 15.8. The molecule has 0 spiro atoms. The number of benzene rings is 2. The Bertz CT molecular complexity index is 1130. The minimum Gasteiger partial charge on any atom is -0.493 e. The van der Waals surface area contributed by atoms with Crippen molar-refractivity contribution in [3.05, 3.63) is 36.2 Å². The van der Waals surface area contributed by atoms with E-state index in [1.54, 1.807) is 27.7 Å². The highest BCUT2D eigenvalue weighted by molar-refractivity contribution is 5.97. The maximum Gasteiger partial charge on any atom is 0.231 e. The number of ether oxygens (including phenoxy) is 5. The van der Waals surface area contributed by atoms with Crippen molar-refractivity contribution in [2.45, 2.75) is 6.54 Å². The molecule has 0 unspecified atom stereocenters. The summed E-state index contributed by atoms with van der Waals surface area (Å²) in [5, 5.41) is 0.881. The third-order valence-corrected chi connectivity index (χ3v) is 5.93. The number of methoxy groups -OCH3 is 3. The summed E-state index contributed by atoms with van der Waals surface area (Å²) in [5.74, 6) is 4.18. The van der Waals surface area contributed by atoms with Gasteiger partial charge in [-0.3, -0.25) is 4.90 Å². The number of hydrogen-bond donors (Lipinski definition) is 0. The van der Waals surface area contributed by atoms with Gasteiger partial charge in [0.25, 0.3) is 0 Å². The van der Waals surface area contributed by atoms with E-state index in [-0.39, 0.29) is 0 Å². The van der Waals surface area contributed by atoms with Crippen molar-refractivity contribution >= 4 is 16.7 Å². The summed E-state index contributed by atoms with van der Waals surface area (Å²) < 4.78 is 27.6. The standard InChI is InChI=1S/C23H26N4O5/c1-28-19-11-16-20(22(30-3)21(19)29-2)24-13-25-23(16)27-8-6-26(7-9-27)12-15-4-5-17-18(10-15)32-14-31-17/h4-5,10-11,13H,6-9,12,14H2,1-3H3. The topological polar surface area (TPSA) is 78.4 Å². The van der Waals surface area contributed by atoms with Crippen molar-refractivity contribution < 1.29 is 23.7 Å². The van der Waals surface area contributed by atoms with Crippen LogP contribution >= 0.6 is 0 Å². The summed E-state index contributed by atoms with van der Waals surface area (Å²) in [6.07, 6.45) is 1.57. The van der Waals surface area contributed by atoms with Crippen LogP contribution in [0.25, 0.3) is 10.9 Å². The average Bonchev–Trinajstić information content (AvgIpc) is 3.30. The minimum absolute atomic E-state index is 0.297. The molecule has 0 aliphatic carbocycles. The number of fused-ring (bicyclic) bond motifs is 2. The first kappa shape index (κ1) is 20.4. The van der Waals surface area contributed by atoms with Crippen LogP contribution in [0.3, 0.4) is 0 Å². The molecule has 9 nitrogen and oxygen atoms in total. The molecule has 0 atom stereocenters. The third-order valence-electron chi connectivity index (χ3n) is 5.93. The smallest absolute Gasteiger partial charge is 0.231 e. The second-order valence-corrected chi connectivity index (χ2v) is 7.69. The van der Waals surface area contributed by atoms with Crippen LogP contribution in [0, 0.1) is 0 Å². The van der Waals surface area contributed by atoms with Crippen LogP contribution < -0.4 is 28.6 Å². The van der Waals surface area contributed by atoms with Gasteiger partial charge in [-0.25, -0.2) is 9.97 Å². The lowest BCUT2D eigenvalue weighted by molar-refractivity contribution is 0.174. The van der Waals surface area contributed by atoms with E-state index in [0.717, 1.165) is 55.4 Å². The van der Waals surface area contributed by atoms with Crippen molar-refractivity contribution in [1.29, 1.82) is 0 Å². The van der Waals surface area contributed by atoms with Crippen LogP contribution in [0.2, 0.25) is 0 Å². The van der Waals surface area contributed by atoms with E-state index in [9.17, 15) is 0 Å². The Labute approximate surface area is 186 Å². The fraction of sp³-hybridized carbons (Fsp3) is 0.391. The monoisotopic (exact) mass is 438 g/mol. The molecule has 2 aliphatic rings. The maximum absolute atomic E-state index is 5.61. The van der Waals surface area contributed by atoms with Crippen molar-refractivity contribution in [1.82, 2.24) is 14.9 Å². The Hall–Kier alpha value is -3.46. The third kappa shape index (κ3) is 3.58. The second kappa shape index (κ2) is 8.58. The zero-order valence-corrected chi connectivity index (χ0v) is 18.5. The summed E-state index contributed by atoms with van der Waals surface area (Å²) in [7, 11) is 4.81. The molecule has 1 fully saturated rings. The SMILES string of the molecule is COc1cc2c(N3CCN(Cc4ccc5c(c4)OCO5)CC3)ncnc2c(OC)c1OC. The van der Waals surface area contributed by atoms with Gasteiger partial charge in [0.15, 0.2) is 23.0 Å². The molecule has 2 aliphatic heterocycles. The van der Waals surface area contributed by atoms with E-state index >= 15 is 0 Å². The predicted octanol–water partition coefficient (Wildman–Crippen LogP) is 2.71. The van der Waals surface area contributed by atoms with Gasteiger partial charge in [0, 0.05) is 32.7 Å². The highest BCUT2D eigenvalue weighted by atomic mass is 16.7. The predicted molar refractivity (Wildman–Crippen MR) is 119 cm³/mol. The van der Waals surface area contributed by atoms with Gasteiger partial charge in [0.05, 0.1) is 26.7 Å². The molecule has 2 aromatic carbocycles. The molecule has 32 heavy (non-hydrogen) atoms. The van der Waals surface area contributed by atoms with Gasteiger partial charge in [-0.1, -0.05) is 6.07 Å². The fourth-order valence-corrected chi connectivity index (χ4v) is 4.32. The van der Waals surface area contributed by atoms with Gasteiger partial charge in [-0.15, -0.1) is 0 Å². The van der Waals surface area contributed by atoms with Crippen LogP contribution in [-0.4, -0.2) is 69.2 Å². The lowest BCUT2D eigenvalue weighted by Crippen LogP contribution is -2.46. The maximum atomic E-state index is 5.61. The number of hydrogen-bond acceptors (Lipinski definition) is 9. The summed E-state index contributed by atoms with van der Waals surface area (Å²) >= 11 is 0. The largest absolute Gasteiger partial charge is 0.493 e. The Kier molecular flexibility index (Phi) is 5.48. The highest BCUT2D eigenvalue weighted by Gasteiger charge is 2.24. The zero-order valence-electron chi connectivity index (χ0n) is 18.5. The average molecular weight is 438 g/mol. The first-order chi connectivity index (χ1) is 15.7. The van der Waals surface area contributed by atoms with Crippen LogP contribution in [0.5, 0.6) is 28.7 Å². The van der Waals surface area contributed by atoms with Crippen LogP contribution in [-0.2, 0) is 6.54 Å². The van der Waals surface area contributed by atoms with Crippen molar-refractivity contribution in [3.63, 3.8) is 0 Å². The molecule has 1 saturated heterocycles. The van der Waals surface area contributed by atoms with E-state index in [1.165, 1.54) is 5.56 Å². The van der Waals surface area contributed by atoms with Gasteiger partial charge in [-0.2, -0.15) is 0 Å². The van der Waals surface area contributed by atoms with Gasteiger partial charge >= 0.3 is 0 Å². The van der Waals surface area contributed by atoms with Gasteiger partial charge < -0.3 is 28.6 Å². The Morgan fingerprint density at radius 1 is 0.875 bits per heavy atom. The van der Waals surface area contributed by atoms with Crippen LogP contribution in [0.4, 0.5) is 5.82 Å². The molecule has 5 rings (SSSR count). The summed E-state index contributed by atoms with van der Waals surface area (Å²) in [6.45, 7) is 4.72. The lowest BCUT2D eigenvalue weighted by atomic mass is 10.1. The minimum atomic E-state index is 0.297. The van der Waals surface area contributed by atoms with Crippen molar-refractivity contribution in [2.24, 2.45) is 0 Å². The molecule has 0 radical (unpaired) electrons. The van der Waals surface area contributed by atoms with Gasteiger partial charge in [0.1, 0.15) is 17.7 Å². The van der Waals surface area contributed by atoms with E-state index in [1.807, 2.05) is 12.1 Å². The Balaban J connectivity index is 1.35. The number of nitrogens with zero attached hydrogens (tertiary/aromatic N) is 4. The summed E-state index contributed by atoms with van der Waals surface area (Å²) in [6, 6.07) is 8.07. The molecular weight excluding hydrogens is 412 g/mol. The molecule has 9 heteroatoms. The molecule has 3 heterocycles. The first-order valence-electron chi connectivity index (χ1n) is 10.5. The number of anilines is 1. The van der Waals surface area contributed by atoms with Gasteiger partial charge in [-0.05, 0) is 23.8 Å². The molecule has 168 valence electrons. The van der Waals surface area contributed by atoms with Gasteiger partial charge in [0.2, 0.25) is 12.5 Å². The summed E-state index contributed by atoms with van der Waals surface area (Å²) in [4.78, 5) is 13.8. The summed E-state index contributed by atoms with van der Waals surface area (Å²) in [5.41, 5.74) is 1.93. The fourth-order valence-electron chi connectivity index (χ4n) is 4.32. The molecule has 0 saturated carbocycles. The van der Waals surface area contributed by atoms with Crippen molar-refractivity contribution in [2.75, 3.05) is 59.2 Å². The second-order valence-electron chi connectivity index (χ2n) is 7.69. The molecule has 0 amide bonds.